The van der Waals surface area contributed by atoms with Crippen LogP contribution in [-0.2, 0) is 6.42 Å². The summed E-state index contributed by atoms with van der Waals surface area (Å²) in [5.41, 5.74) is 7.65. The first-order valence-electron chi connectivity index (χ1n) is 8.78. The number of hydrogen-bond acceptors (Lipinski definition) is 2. The van der Waals surface area contributed by atoms with Crippen LogP contribution in [0.2, 0.25) is 0 Å². The maximum atomic E-state index is 4.37. The van der Waals surface area contributed by atoms with Crippen molar-refractivity contribution >= 4 is 23.1 Å². The molecular formula is C21H21N3. The molecule has 1 fully saturated rings. The van der Waals surface area contributed by atoms with Crippen LogP contribution in [-0.4, -0.2) is 16.0 Å². The van der Waals surface area contributed by atoms with E-state index in [0.717, 1.165) is 17.7 Å². The van der Waals surface area contributed by atoms with Gasteiger partial charge in [-0.2, -0.15) is 0 Å². The minimum atomic E-state index is 0.535. The Kier molecular flexibility index (Phi) is 3.10. The van der Waals surface area contributed by atoms with E-state index < -0.39 is 0 Å². The molecule has 4 heterocycles. The number of benzene rings is 1. The third-order valence-electron chi connectivity index (χ3n) is 5.42. The van der Waals surface area contributed by atoms with E-state index in [0.29, 0.717) is 12.1 Å². The Morgan fingerprint density at radius 3 is 2.96 bits per heavy atom. The van der Waals surface area contributed by atoms with E-state index in [2.05, 4.69) is 57.8 Å². The van der Waals surface area contributed by atoms with E-state index in [1.807, 2.05) is 13.1 Å². The van der Waals surface area contributed by atoms with Gasteiger partial charge in [0.1, 0.15) is 0 Å². The van der Waals surface area contributed by atoms with Crippen LogP contribution in [0.25, 0.3) is 23.1 Å². The Morgan fingerprint density at radius 2 is 2.08 bits per heavy atom. The van der Waals surface area contributed by atoms with Gasteiger partial charge in [-0.05, 0) is 42.5 Å². The normalized spacial score (nSPS) is 22.4. The second-order valence-electron chi connectivity index (χ2n) is 7.05. The molecule has 1 aromatic carbocycles. The molecule has 24 heavy (non-hydrogen) atoms. The SMILES string of the molecule is Cc1ccc(C=Cc2cccc3c4c([nH]c23)C[C@@H]2CC[C@H]4N2)cn1. The highest BCUT2D eigenvalue weighted by atomic mass is 15.0. The summed E-state index contributed by atoms with van der Waals surface area (Å²) < 4.78 is 0. The number of H-pyrrole nitrogens is 1. The molecule has 0 radical (unpaired) electrons. The van der Waals surface area contributed by atoms with Crippen molar-refractivity contribution in [1.29, 1.82) is 0 Å². The molecule has 0 unspecified atom stereocenters. The average molecular weight is 315 g/mol. The predicted octanol–water partition coefficient (Wildman–Crippen LogP) is 4.39. The average Bonchev–Trinajstić information content (AvgIpc) is 3.16. The molecule has 2 N–H and O–H groups in total. The van der Waals surface area contributed by atoms with E-state index in [9.17, 15) is 0 Å². The van der Waals surface area contributed by atoms with E-state index in [1.54, 1.807) is 0 Å². The van der Waals surface area contributed by atoms with E-state index >= 15 is 0 Å². The molecule has 120 valence electrons. The van der Waals surface area contributed by atoms with Crippen LogP contribution in [0.3, 0.4) is 0 Å². The van der Waals surface area contributed by atoms with Gasteiger partial charge in [-0.3, -0.25) is 4.98 Å². The minimum Gasteiger partial charge on any atom is -0.358 e. The lowest BCUT2D eigenvalue weighted by Crippen LogP contribution is -2.31. The van der Waals surface area contributed by atoms with E-state index in [-0.39, 0.29) is 0 Å². The number of nitrogens with one attached hydrogen (secondary N) is 2. The first-order valence-corrected chi connectivity index (χ1v) is 8.78. The molecule has 5 rings (SSSR count). The van der Waals surface area contributed by atoms with Gasteiger partial charge < -0.3 is 10.3 Å². The topological polar surface area (TPSA) is 40.7 Å². The Hall–Kier alpha value is -2.39. The fourth-order valence-electron chi connectivity index (χ4n) is 4.23. The maximum Gasteiger partial charge on any atom is 0.0533 e. The molecule has 2 atom stereocenters. The van der Waals surface area contributed by atoms with E-state index in [1.165, 1.54) is 40.6 Å². The number of nitrogens with zero attached hydrogens (tertiary/aromatic N) is 1. The van der Waals surface area contributed by atoms with Crippen molar-refractivity contribution in [2.75, 3.05) is 0 Å². The zero-order chi connectivity index (χ0) is 16.1. The lowest BCUT2D eigenvalue weighted by molar-refractivity contribution is 0.513. The van der Waals surface area contributed by atoms with Crippen LogP contribution in [0.4, 0.5) is 0 Å². The Morgan fingerprint density at radius 1 is 1.12 bits per heavy atom. The summed E-state index contributed by atoms with van der Waals surface area (Å²) in [5.74, 6) is 0. The molecule has 0 saturated carbocycles. The Labute approximate surface area is 141 Å². The van der Waals surface area contributed by atoms with Crippen molar-refractivity contribution < 1.29 is 0 Å². The van der Waals surface area contributed by atoms with Crippen LogP contribution < -0.4 is 5.32 Å². The van der Waals surface area contributed by atoms with Crippen LogP contribution in [0.15, 0.2) is 36.5 Å². The molecule has 3 aromatic rings. The number of hydrogen-bond donors (Lipinski definition) is 2. The molecule has 2 aliphatic heterocycles. The molecule has 3 nitrogen and oxygen atoms in total. The lowest BCUT2D eigenvalue weighted by Gasteiger charge is -2.21. The largest absolute Gasteiger partial charge is 0.358 e. The molecule has 1 saturated heterocycles. The van der Waals surface area contributed by atoms with Crippen LogP contribution in [0, 0.1) is 6.92 Å². The summed E-state index contributed by atoms with van der Waals surface area (Å²) in [6, 6.07) is 12.0. The highest BCUT2D eigenvalue weighted by Crippen LogP contribution is 2.40. The zero-order valence-electron chi connectivity index (χ0n) is 13.8. The molecule has 0 aliphatic carbocycles. The van der Waals surface area contributed by atoms with Gasteiger partial charge in [-0.1, -0.05) is 36.4 Å². The third-order valence-corrected chi connectivity index (χ3v) is 5.42. The van der Waals surface area contributed by atoms with Gasteiger partial charge in [0.05, 0.1) is 5.52 Å². The minimum absolute atomic E-state index is 0.535. The molecule has 2 aliphatic rings. The number of pyridine rings is 1. The van der Waals surface area contributed by atoms with Gasteiger partial charge in [0.25, 0.3) is 0 Å². The van der Waals surface area contributed by atoms with Gasteiger partial charge in [0, 0.05) is 41.5 Å². The number of aromatic amines is 1. The number of fused-ring (bicyclic) bond motifs is 6. The van der Waals surface area contributed by atoms with Crippen molar-refractivity contribution in [3.63, 3.8) is 0 Å². The first kappa shape index (κ1) is 14.0. The van der Waals surface area contributed by atoms with Crippen molar-refractivity contribution in [3.05, 3.63) is 64.6 Å². The Bertz CT molecular complexity index is 934. The van der Waals surface area contributed by atoms with Gasteiger partial charge in [0.15, 0.2) is 0 Å². The van der Waals surface area contributed by atoms with Gasteiger partial charge in [-0.25, -0.2) is 0 Å². The van der Waals surface area contributed by atoms with Crippen LogP contribution in [0.5, 0.6) is 0 Å². The number of aromatic nitrogens is 2. The molecule has 2 aromatic heterocycles. The fourth-order valence-corrected chi connectivity index (χ4v) is 4.23. The van der Waals surface area contributed by atoms with Gasteiger partial charge in [0.2, 0.25) is 0 Å². The van der Waals surface area contributed by atoms with Crippen LogP contribution >= 0.6 is 0 Å². The molecule has 0 spiro atoms. The smallest absolute Gasteiger partial charge is 0.0533 e. The van der Waals surface area contributed by atoms with Crippen molar-refractivity contribution in [2.45, 2.75) is 38.3 Å². The molecular weight excluding hydrogens is 294 g/mol. The molecule has 2 bridgehead atoms. The number of para-hydroxylation sites is 1. The molecule has 3 heteroatoms. The Balaban J connectivity index is 1.58. The zero-order valence-corrected chi connectivity index (χ0v) is 13.8. The van der Waals surface area contributed by atoms with Crippen molar-refractivity contribution in [2.24, 2.45) is 0 Å². The monoisotopic (exact) mass is 315 g/mol. The summed E-state index contributed by atoms with van der Waals surface area (Å²) >= 11 is 0. The standard InChI is InChI=1S/C21H21N3/c1-13-5-6-14(12-22-13)7-8-15-3-2-4-17-20-18-10-9-16(23-18)11-19(20)24-21(15)17/h2-8,12,16,18,23-24H,9-11H2,1H3/t16-,18+/m0/s1. The second-order valence-corrected chi connectivity index (χ2v) is 7.05. The second kappa shape index (κ2) is 5.32. The highest BCUT2D eigenvalue weighted by Gasteiger charge is 2.34. The van der Waals surface area contributed by atoms with E-state index in [4.69, 9.17) is 0 Å². The quantitative estimate of drug-likeness (QED) is 0.736. The predicted molar refractivity (Wildman–Crippen MR) is 98.8 cm³/mol. The summed E-state index contributed by atoms with van der Waals surface area (Å²) in [7, 11) is 0. The lowest BCUT2D eigenvalue weighted by atomic mass is 9.98. The number of aryl methyl sites for hydroxylation is 1. The van der Waals surface area contributed by atoms with Gasteiger partial charge >= 0.3 is 0 Å². The third kappa shape index (κ3) is 2.20. The first-order chi connectivity index (χ1) is 11.8. The van der Waals surface area contributed by atoms with Crippen molar-refractivity contribution in [3.8, 4) is 0 Å². The summed E-state index contributed by atoms with van der Waals surface area (Å²) in [4.78, 5) is 8.09. The van der Waals surface area contributed by atoms with Crippen LogP contribution in [0.1, 0.15) is 47.0 Å². The van der Waals surface area contributed by atoms with Crippen molar-refractivity contribution in [1.82, 2.24) is 15.3 Å². The maximum absolute atomic E-state index is 4.37. The summed E-state index contributed by atoms with van der Waals surface area (Å²) in [6.07, 6.45) is 9.96. The highest BCUT2D eigenvalue weighted by molar-refractivity contribution is 5.94. The summed E-state index contributed by atoms with van der Waals surface area (Å²) in [5, 5.41) is 5.14. The number of rotatable bonds is 2. The molecule has 0 amide bonds. The summed E-state index contributed by atoms with van der Waals surface area (Å²) in [6.45, 7) is 2.01. The fraction of sp³-hybridized carbons (Fsp3) is 0.286. The van der Waals surface area contributed by atoms with Gasteiger partial charge in [-0.15, -0.1) is 0 Å².